The maximum atomic E-state index is 8.86. The molecule has 5 nitrogen and oxygen atoms in total. The normalized spacial score (nSPS) is 9.95. The van der Waals surface area contributed by atoms with Crippen molar-refractivity contribution in [3.63, 3.8) is 0 Å². The molecule has 1 heterocycles. The monoisotopic (exact) mass is 282 g/mol. The van der Waals surface area contributed by atoms with Crippen LogP contribution in [0.3, 0.4) is 0 Å². The van der Waals surface area contributed by atoms with E-state index in [1.807, 2.05) is 19.1 Å². The first-order chi connectivity index (χ1) is 10.2. The molecule has 0 amide bonds. The number of nitriles is 1. The average molecular weight is 282 g/mol. The highest BCUT2D eigenvalue weighted by atomic mass is 16.5. The van der Waals surface area contributed by atoms with Gasteiger partial charge in [-0.05, 0) is 31.5 Å². The van der Waals surface area contributed by atoms with Crippen molar-refractivity contribution in [2.75, 3.05) is 11.9 Å². The van der Waals surface area contributed by atoms with Crippen LogP contribution in [0, 0.1) is 18.3 Å². The Morgan fingerprint density at radius 2 is 2.14 bits per heavy atom. The van der Waals surface area contributed by atoms with Crippen LogP contribution in [0.4, 0.5) is 5.82 Å². The maximum absolute atomic E-state index is 8.86. The van der Waals surface area contributed by atoms with E-state index in [0.29, 0.717) is 17.1 Å². The van der Waals surface area contributed by atoms with Gasteiger partial charge in [0.2, 0.25) is 0 Å². The zero-order valence-corrected chi connectivity index (χ0v) is 12.3. The van der Waals surface area contributed by atoms with E-state index >= 15 is 0 Å². The van der Waals surface area contributed by atoms with Crippen molar-refractivity contribution in [3.05, 3.63) is 47.4 Å². The fraction of sp³-hybridized carbons (Fsp3) is 0.312. The molecule has 0 fully saturated rings. The van der Waals surface area contributed by atoms with E-state index in [0.717, 1.165) is 24.5 Å². The Morgan fingerprint density at radius 3 is 2.90 bits per heavy atom. The molecule has 0 spiro atoms. The van der Waals surface area contributed by atoms with Gasteiger partial charge in [0.05, 0.1) is 11.6 Å². The Balaban J connectivity index is 2.05. The Bertz CT molecular complexity index is 649. The summed E-state index contributed by atoms with van der Waals surface area (Å²) in [6.07, 6.45) is 1.04. The quantitative estimate of drug-likeness (QED) is 0.881. The number of nitrogens with zero attached hydrogens (tertiary/aromatic N) is 3. The highest BCUT2D eigenvalue weighted by molar-refractivity contribution is 5.37. The van der Waals surface area contributed by atoms with E-state index in [2.05, 4.69) is 28.3 Å². The molecule has 1 aromatic heterocycles. The largest absolute Gasteiger partial charge is 0.486 e. The summed E-state index contributed by atoms with van der Waals surface area (Å²) in [5.74, 6) is 2.08. The van der Waals surface area contributed by atoms with E-state index < -0.39 is 0 Å². The average Bonchev–Trinajstić information content (AvgIpc) is 2.50. The number of hydrogen-bond acceptors (Lipinski definition) is 5. The maximum Gasteiger partial charge on any atom is 0.168 e. The number of aryl methyl sites for hydroxylation is 1. The van der Waals surface area contributed by atoms with Crippen LogP contribution in [0.15, 0.2) is 30.3 Å². The molecule has 0 atom stereocenters. The van der Waals surface area contributed by atoms with Crippen LogP contribution in [0.2, 0.25) is 0 Å². The zero-order valence-electron chi connectivity index (χ0n) is 12.3. The minimum absolute atomic E-state index is 0.275. The Morgan fingerprint density at radius 1 is 1.29 bits per heavy atom. The first-order valence-electron chi connectivity index (χ1n) is 6.92. The van der Waals surface area contributed by atoms with E-state index in [1.165, 1.54) is 0 Å². The summed E-state index contributed by atoms with van der Waals surface area (Å²) in [5, 5.41) is 12.1. The van der Waals surface area contributed by atoms with Crippen LogP contribution in [0.25, 0.3) is 0 Å². The predicted octanol–water partition coefficient (Wildman–Crippen LogP) is 3.06. The summed E-state index contributed by atoms with van der Waals surface area (Å²) in [7, 11) is 0. The van der Waals surface area contributed by atoms with Gasteiger partial charge in [0.15, 0.2) is 5.82 Å². The van der Waals surface area contributed by atoms with Gasteiger partial charge < -0.3 is 10.1 Å². The van der Waals surface area contributed by atoms with Crippen LogP contribution in [0.5, 0.6) is 5.75 Å². The molecule has 1 N–H and O–H groups in total. The third-order valence-electron chi connectivity index (χ3n) is 2.79. The third kappa shape index (κ3) is 4.46. The first kappa shape index (κ1) is 14.8. The molecule has 0 aliphatic rings. The topological polar surface area (TPSA) is 70.8 Å². The summed E-state index contributed by atoms with van der Waals surface area (Å²) < 4.78 is 5.65. The fourth-order valence-electron chi connectivity index (χ4n) is 1.84. The van der Waals surface area contributed by atoms with Crippen LogP contribution in [-0.4, -0.2) is 16.5 Å². The molecule has 108 valence electrons. The third-order valence-corrected chi connectivity index (χ3v) is 2.79. The summed E-state index contributed by atoms with van der Waals surface area (Å²) in [5.41, 5.74) is 1.47. The molecule has 0 radical (unpaired) electrons. The van der Waals surface area contributed by atoms with Crippen molar-refractivity contribution < 1.29 is 4.74 Å². The van der Waals surface area contributed by atoms with Gasteiger partial charge in [0.1, 0.15) is 18.2 Å². The van der Waals surface area contributed by atoms with Crippen molar-refractivity contribution in [1.29, 1.82) is 5.26 Å². The van der Waals surface area contributed by atoms with E-state index in [1.54, 1.807) is 18.2 Å². The summed E-state index contributed by atoms with van der Waals surface area (Å²) in [4.78, 5) is 8.77. The Kier molecular flexibility index (Phi) is 5.10. The standard InChI is InChI=1S/C16H18N4O/c1-3-7-18-15-8-12(2)19-16(20-15)11-21-14-6-4-5-13(9-14)10-17/h4-6,8-9H,3,7,11H2,1-2H3,(H,18,19,20). The number of rotatable bonds is 6. The van der Waals surface area contributed by atoms with Crippen LogP contribution < -0.4 is 10.1 Å². The van der Waals surface area contributed by atoms with Gasteiger partial charge in [0, 0.05) is 18.3 Å². The lowest BCUT2D eigenvalue weighted by Gasteiger charge is -2.09. The second-order valence-corrected chi connectivity index (χ2v) is 4.67. The molecule has 0 saturated carbocycles. The van der Waals surface area contributed by atoms with Crippen molar-refractivity contribution in [2.24, 2.45) is 0 Å². The lowest BCUT2D eigenvalue weighted by molar-refractivity contribution is 0.295. The molecule has 2 rings (SSSR count). The van der Waals surface area contributed by atoms with E-state index in [4.69, 9.17) is 10.00 Å². The molecule has 2 aromatic rings. The predicted molar refractivity (Wildman–Crippen MR) is 81.0 cm³/mol. The lowest BCUT2D eigenvalue weighted by atomic mass is 10.2. The number of nitrogens with one attached hydrogen (secondary N) is 1. The van der Waals surface area contributed by atoms with Gasteiger partial charge in [-0.25, -0.2) is 9.97 Å². The SMILES string of the molecule is CCCNc1cc(C)nc(COc2cccc(C#N)c2)n1. The number of ether oxygens (including phenoxy) is 1. The van der Waals surface area contributed by atoms with Crippen molar-refractivity contribution in [2.45, 2.75) is 26.9 Å². The molecule has 0 bridgehead atoms. The highest BCUT2D eigenvalue weighted by Crippen LogP contribution is 2.14. The van der Waals surface area contributed by atoms with Crippen LogP contribution in [-0.2, 0) is 6.61 Å². The minimum Gasteiger partial charge on any atom is -0.486 e. The van der Waals surface area contributed by atoms with E-state index in [-0.39, 0.29) is 6.61 Å². The lowest BCUT2D eigenvalue weighted by Crippen LogP contribution is -2.08. The highest BCUT2D eigenvalue weighted by Gasteiger charge is 2.04. The molecular weight excluding hydrogens is 264 g/mol. The van der Waals surface area contributed by atoms with Crippen molar-refractivity contribution >= 4 is 5.82 Å². The molecule has 0 aliphatic carbocycles. The summed E-state index contributed by atoms with van der Waals surface area (Å²) >= 11 is 0. The molecule has 0 unspecified atom stereocenters. The summed E-state index contributed by atoms with van der Waals surface area (Å²) in [6, 6.07) is 11.0. The van der Waals surface area contributed by atoms with Gasteiger partial charge in [-0.3, -0.25) is 0 Å². The molecule has 1 aromatic carbocycles. The molecule has 0 saturated heterocycles. The number of anilines is 1. The second-order valence-electron chi connectivity index (χ2n) is 4.67. The Labute approximate surface area is 124 Å². The van der Waals surface area contributed by atoms with Gasteiger partial charge in [-0.1, -0.05) is 13.0 Å². The molecule has 21 heavy (non-hydrogen) atoms. The zero-order chi connectivity index (χ0) is 15.1. The van der Waals surface area contributed by atoms with Crippen molar-refractivity contribution in [3.8, 4) is 11.8 Å². The fourth-order valence-corrected chi connectivity index (χ4v) is 1.84. The van der Waals surface area contributed by atoms with Gasteiger partial charge in [-0.2, -0.15) is 5.26 Å². The molecular formula is C16H18N4O. The first-order valence-corrected chi connectivity index (χ1v) is 6.92. The number of benzene rings is 1. The summed E-state index contributed by atoms with van der Waals surface area (Å²) in [6.45, 7) is 5.18. The number of hydrogen-bond donors (Lipinski definition) is 1. The second kappa shape index (κ2) is 7.25. The smallest absolute Gasteiger partial charge is 0.168 e. The van der Waals surface area contributed by atoms with Crippen molar-refractivity contribution in [1.82, 2.24) is 9.97 Å². The van der Waals surface area contributed by atoms with Gasteiger partial charge >= 0.3 is 0 Å². The Hall–Kier alpha value is -2.61. The van der Waals surface area contributed by atoms with Gasteiger partial charge in [-0.15, -0.1) is 0 Å². The van der Waals surface area contributed by atoms with E-state index in [9.17, 15) is 0 Å². The van der Waals surface area contributed by atoms with Crippen LogP contribution >= 0.6 is 0 Å². The molecule has 5 heteroatoms. The molecule has 0 aliphatic heterocycles. The number of aromatic nitrogens is 2. The van der Waals surface area contributed by atoms with Gasteiger partial charge in [0.25, 0.3) is 0 Å². The van der Waals surface area contributed by atoms with Crippen LogP contribution in [0.1, 0.15) is 30.4 Å². The minimum atomic E-state index is 0.275.